The average Bonchev–Trinajstić information content (AvgIpc) is 2.11. The van der Waals surface area contributed by atoms with Crippen molar-refractivity contribution in [2.24, 2.45) is 5.92 Å². The molecule has 3 nitrogen and oxygen atoms in total. The van der Waals surface area contributed by atoms with E-state index in [1.807, 2.05) is 13.2 Å². The molecule has 0 aliphatic rings. The van der Waals surface area contributed by atoms with E-state index in [-0.39, 0.29) is 11.8 Å². The lowest BCUT2D eigenvalue weighted by Gasteiger charge is -2.18. The van der Waals surface area contributed by atoms with Crippen molar-refractivity contribution >= 4 is 17.7 Å². The molecular weight excluding hydrogens is 174 g/mol. The summed E-state index contributed by atoms with van der Waals surface area (Å²) in [6.45, 7) is 1.92. The van der Waals surface area contributed by atoms with Crippen molar-refractivity contribution in [3.05, 3.63) is 0 Å². The van der Waals surface area contributed by atoms with Gasteiger partial charge in [-0.2, -0.15) is 11.8 Å². The predicted octanol–water partition coefficient (Wildman–Crippen LogP) is 1.40. The molecule has 0 fully saturated rings. The number of hydrogen-bond acceptors (Lipinski definition) is 3. The third kappa shape index (κ3) is 3.97. The van der Waals surface area contributed by atoms with Crippen LogP contribution in [-0.4, -0.2) is 37.1 Å². The maximum Gasteiger partial charge on any atom is 0.248 e. The molecule has 1 atom stereocenters. The maximum atomic E-state index is 11.4. The molecule has 0 aromatic carbocycles. The van der Waals surface area contributed by atoms with Gasteiger partial charge in [-0.25, -0.2) is 5.06 Å². The standard InChI is InChI=1S/C8H17NO2S/c1-7(5-6-12-4)8(10)9(2)11-3/h7H,5-6H2,1-4H3/t7-/m1/s1. The van der Waals surface area contributed by atoms with Crippen LogP contribution in [0.15, 0.2) is 0 Å². The third-order valence-electron chi connectivity index (χ3n) is 1.76. The van der Waals surface area contributed by atoms with E-state index in [0.29, 0.717) is 0 Å². The molecule has 0 N–H and O–H groups in total. The van der Waals surface area contributed by atoms with Crippen molar-refractivity contribution in [3.63, 3.8) is 0 Å². The SMILES string of the molecule is CON(C)C(=O)[C@H](C)CCSC. The number of rotatable bonds is 5. The lowest BCUT2D eigenvalue weighted by atomic mass is 10.1. The van der Waals surface area contributed by atoms with Crippen LogP contribution in [0.3, 0.4) is 0 Å². The zero-order chi connectivity index (χ0) is 9.56. The van der Waals surface area contributed by atoms with Gasteiger partial charge in [-0.05, 0) is 18.4 Å². The van der Waals surface area contributed by atoms with Gasteiger partial charge in [0.25, 0.3) is 0 Å². The fourth-order valence-corrected chi connectivity index (χ4v) is 1.41. The summed E-state index contributed by atoms with van der Waals surface area (Å²) < 4.78 is 0. The topological polar surface area (TPSA) is 29.5 Å². The van der Waals surface area contributed by atoms with Crippen LogP contribution in [0.5, 0.6) is 0 Å². The Bertz CT molecular complexity index is 141. The van der Waals surface area contributed by atoms with Crippen LogP contribution in [-0.2, 0) is 9.63 Å². The summed E-state index contributed by atoms with van der Waals surface area (Å²) in [7, 11) is 3.14. The molecule has 0 heterocycles. The summed E-state index contributed by atoms with van der Waals surface area (Å²) in [6, 6.07) is 0. The molecule has 0 aromatic rings. The van der Waals surface area contributed by atoms with E-state index >= 15 is 0 Å². The van der Waals surface area contributed by atoms with Crippen molar-refractivity contribution < 1.29 is 9.63 Å². The predicted molar refractivity (Wildman–Crippen MR) is 51.9 cm³/mol. The molecule has 0 rings (SSSR count). The summed E-state index contributed by atoms with van der Waals surface area (Å²) >= 11 is 1.76. The first-order valence-electron chi connectivity index (χ1n) is 3.94. The van der Waals surface area contributed by atoms with Gasteiger partial charge in [0.15, 0.2) is 0 Å². The van der Waals surface area contributed by atoms with Gasteiger partial charge in [-0.15, -0.1) is 0 Å². The molecule has 0 unspecified atom stereocenters. The first kappa shape index (κ1) is 11.8. The molecule has 4 heteroatoms. The highest BCUT2D eigenvalue weighted by atomic mass is 32.2. The molecule has 0 aromatic heterocycles. The number of thioether (sulfide) groups is 1. The fourth-order valence-electron chi connectivity index (χ4n) is 0.818. The smallest absolute Gasteiger partial charge is 0.248 e. The normalized spacial score (nSPS) is 12.7. The zero-order valence-electron chi connectivity index (χ0n) is 8.16. The molecule has 0 saturated carbocycles. The van der Waals surface area contributed by atoms with E-state index in [0.717, 1.165) is 12.2 Å². The first-order valence-corrected chi connectivity index (χ1v) is 5.33. The number of hydrogen-bond donors (Lipinski definition) is 0. The van der Waals surface area contributed by atoms with Crippen molar-refractivity contribution in [3.8, 4) is 0 Å². The van der Waals surface area contributed by atoms with Gasteiger partial charge in [-0.1, -0.05) is 6.92 Å². The highest BCUT2D eigenvalue weighted by Crippen LogP contribution is 2.09. The van der Waals surface area contributed by atoms with Crippen molar-refractivity contribution in [2.45, 2.75) is 13.3 Å². The molecule has 0 aliphatic heterocycles. The van der Waals surface area contributed by atoms with E-state index in [2.05, 4.69) is 0 Å². The van der Waals surface area contributed by atoms with Crippen LogP contribution < -0.4 is 0 Å². The Morgan fingerprint density at radius 1 is 1.67 bits per heavy atom. The number of amides is 1. The summed E-state index contributed by atoms with van der Waals surface area (Å²) in [4.78, 5) is 16.2. The second-order valence-corrected chi connectivity index (χ2v) is 3.69. The lowest BCUT2D eigenvalue weighted by Crippen LogP contribution is -2.30. The molecule has 0 radical (unpaired) electrons. The van der Waals surface area contributed by atoms with Crippen LogP contribution in [0.2, 0.25) is 0 Å². The van der Waals surface area contributed by atoms with Crippen LogP contribution in [0, 0.1) is 5.92 Å². The van der Waals surface area contributed by atoms with E-state index in [1.165, 1.54) is 12.2 Å². The van der Waals surface area contributed by atoms with Crippen molar-refractivity contribution in [1.29, 1.82) is 0 Å². The summed E-state index contributed by atoms with van der Waals surface area (Å²) in [5.74, 6) is 1.12. The summed E-state index contributed by atoms with van der Waals surface area (Å²) in [5, 5.41) is 1.28. The molecular formula is C8H17NO2S. The number of carbonyl (C=O) groups is 1. The van der Waals surface area contributed by atoms with E-state index < -0.39 is 0 Å². The molecule has 1 amide bonds. The van der Waals surface area contributed by atoms with Crippen LogP contribution in [0.4, 0.5) is 0 Å². The molecule has 12 heavy (non-hydrogen) atoms. The minimum Gasteiger partial charge on any atom is -0.275 e. The van der Waals surface area contributed by atoms with Gasteiger partial charge in [-0.3, -0.25) is 9.63 Å². The van der Waals surface area contributed by atoms with Crippen LogP contribution in [0.1, 0.15) is 13.3 Å². The van der Waals surface area contributed by atoms with E-state index in [1.54, 1.807) is 18.8 Å². The Morgan fingerprint density at radius 3 is 2.67 bits per heavy atom. The number of carbonyl (C=O) groups excluding carboxylic acids is 1. The Kier molecular flexibility index (Phi) is 6.20. The number of nitrogens with zero attached hydrogens (tertiary/aromatic N) is 1. The summed E-state index contributed by atoms with van der Waals surface area (Å²) in [6.07, 6.45) is 2.95. The Morgan fingerprint density at radius 2 is 2.25 bits per heavy atom. The molecule has 0 bridgehead atoms. The minimum absolute atomic E-state index is 0.0477. The van der Waals surface area contributed by atoms with E-state index in [4.69, 9.17) is 4.84 Å². The second kappa shape index (κ2) is 6.31. The minimum atomic E-state index is 0.0477. The monoisotopic (exact) mass is 191 g/mol. The van der Waals surface area contributed by atoms with Crippen molar-refractivity contribution in [1.82, 2.24) is 5.06 Å². The van der Waals surface area contributed by atoms with Crippen molar-refractivity contribution in [2.75, 3.05) is 26.2 Å². The molecule has 72 valence electrons. The molecule has 0 saturated heterocycles. The maximum absolute atomic E-state index is 11.4. The Hall–Kier alpha value is -0.220. The average molecular weight is 191 g/mol. The van der Waals surface area contributed by atoms with Crippen LogP contribution >= 0.6 is 11.8 Å². The lowest BCUT2D eigenvalue weighted by molar-refractivity contribution is -0.172. The third-order valence-corrected chi connectivity index (χ3v) is 2.40. The number of hydroxylamine groups is 2. The van der Waals surface area contributed by atoms with Gasteiger partial charge in [0, 0.05) is 13.0 Å². The van der Waals surface area contributed by atoms with Gasteiger partial charge in [0.1, 0.15) is 0 Å². The quantitative estimate of drug-likeness (QED) is 0.615. The van der Waals surface area contributed by atoms with Crippen LogP contribution in [0.25, 0.3) is 0 Å². The van der Waals surface area contributed by atoms with Gasteiger partial charge < -0.3 is 0 Å². The van der Waals surface area contributed by atoms with Gasteiger partial charge >= 0.3 is 0 Å². The highest BCUT2D eigenvalue weighted by Gasteiger charge is 2.16. The van der Waals surface area contributed by atoms with Gasteiger partial charge in [0.2, 0.25) is 5.91 Å². The highest BCUT2D eigenvalue weighted by molar-refractivity contribution is 7.98. The van der Waals surface area contributed by atoms with E-state index in [9.17, 15) is 4.79 Å². The first-order chi connectivity index (χ1) is 5.63. The Labute approximate surface area is 78.4 Å². The fraction of sp³-hybridized carbons (Fsp3) is 0.875. The molecule has 0 aliphatic carbocycles. The molecule has 0 spiro atoms. The largest absolute Gasteiger partial charge is 0.275 e. The zero-order valence-corrected chi connectivity index (χ0v) is 8.98. The second-order valence-electron chi connectivity index (χ2n) is 2.70. The Balaban J connectivity index is 3.75. The summed E-state index contributed by atoms with van der Waals surface area (Å²) in [5.41, 5.74) is 0. The van der Waals surface area contributed by atoms with Gasteiger partial charge in [0.05, 0.1) is 7.11 Å².